The summed E-state index contributed by atoms with van der Waals surface area (Å²) in [7, 11) is 1.27. The molecule has 0 fully saturated rings. The number of methoxy groups -OCH3 is 1. The summed E-state index contributed by atoms with van der Waals surface area (Å²) in [6, 6.07) is 1.66. The number of anilines is 1. The van der Waals surface area contributed by atoms with E-state index in [2.05, 4.69) is 19.8 Å². The molecule has 88 valence electrons. The van der Waals surface area contributed by atoms with Crippen molar-refractivity contribution in [3.63, 3.8) is 0 Å². The van der Waals surface area contributed by atoms with Crippen molar-refractivity contribution in [2.45, 2.75) is 6.92 Å². The minimum absolute atomic E-state index is 0.0200. The summed E-state index contributed by atoms with van der Waals surface area (Å²) in [6.45, 7) is 1.85. The average molecular weight is 233 g/mol. The molecule has 0 unspecified atom stereocenters. The highest BCUT2D eigenvalue weighted by atomic mass is 16.5. The number of carbonyl (C=O) groups is 1. The number of carbonyl (C=O) groups excluding carboxylic acids is 1. The number of nitrogens with zero attached hydrogens (tertiary/aromatic N) is 4. The van der Waals surface area contributed by atoms with Crippen LogP contribution in [0.5, 0.6) is 0 Å². The van der Waals surface area contributed by atoms with E-state index in [4.69, 9.17) is 5.73 Å². The zero-order valence-electron chi connectivity index (χ0n) is 9.41. The van der Waals surface area contributed by atoms with Gasteiger partial charge in [-0.3, -0.25) is 0 Å². The van der Waals surface area contributed by atoms with Gasteiger partial charge >= 0.3 is 5.97 Å². The summed E-state index contributed by atoms with van der Waals surface area (Å²) in [5.74, 6) is -0.118. The Morgan fingerprint density at radius 3 is 2.88 bits per heavy atom. The molecule has 0 atom stereocenters. The number of hydrogen-bond donors (Lipinski definition) is 1. The molecule has 2 heterocycles. The van der Waals surface area contributed by atoms with Crippen LogP contribution in [0.2, 0.25) is 0 Å². The number of nitrogens with two attached hydrogens (primary N) is 1. The number of aromatic nitrogens is 4. The Morgan fingerprint density at radius 1 is 1.47 bits per heavy atom. The van der Waals surface area contributed by atoms with Crippen LogP contribution in [0.25, 0.3) is 5.82 Å². The molecule has 0 aliphatic heterocycles. The van der Waals surface area contributed by atoms with Crippen molar-refractivity contribution in [1.29, 1.82) is 0 Å². The standard InChI is InChI=1S/C10H11N5O2/c1-6-4-12-8(3-7(6)11)15-5-13-9(14-15)10(16)17-2/h3-5H,1-2H3,(H2,11,12). The molecule has 0 radical (unpaired) electrons. The largest absolute Gasteiger partial charge is 0.463 e. The molecule has 2 rings (SSSR count). The van der Waals surface area contributed by atoms with Gasteiger partial charge in [-0.25, -0.2) is 19.4 Å². The minimum atomic E-state index is -0.594. The molecule has 0 aliphatic rings. The minimum Gasteiger partial charge on any atom is -0.463 e. The summed E-state index contributed by atoms with van der Waals surface area (Å²) < 4.78 is 5.87. The van der Waals surface area contributed by atoms with Crippen molar-refractivity contribution in [2.24, 2.45) is 0 Å². The molecule has 7 nitrogen and oxygen atoms in total. The second kappa shape index (κ2) is 4.20. The number of hydrogen-bond acceptors (Lipinski definition) is 6. The first-order chi connectivity index (χ1) is 8.11. The Morgan fingerprint density at radius 2 is 2.24 bits per heavy atom. The Labute approximate surface area is 97.2 Å². The molecule has 0 bridgehead atoms. The van der Waals surface area contributed by atoms with Gasteiger partial charge in [-0.2, -0.15) is 0 Å². The molecule has 2 aromatic heterocycles. The lowest BCUT2D eigenvalue weighted by atomic mass is 10.2. The highest BCUT2D eigenvalue weighted by Crippen LogP contribution is 2.12. The van der Waals surface area contributed by atoms with E-state index in [0.29, 0.717) is 11.5 Å². The van der Waals surface area contributed by atoms with Crippen LogP contribution in [0.3, 0.4) is 0 Å². The van der Waals surface area contributed by atoms with Gasteiger partial charge in [0.25, 0.3) is 5.82 Å². The first-order valence-electron chi connectivity index (χ1n) is 4.84. The summed E-state index contributed by atoms with van der Waals surface area (Å²) in [5.41, 5.74) is 7.24. The molecule has 0 saturated heterocycles. The van der Waals surface area contributed by atoms with Gasteiger partial charge in [-0.15, -0.1) is 5.10 Å². The molecular weight excluding hydrogens is 222 g/mol. The maximum atomic E-state index is 11.2. The van der Waals surface area contributed by atoms with Gasteiger partial charge in [-0.05, 0) is 12.5 Å². The predicted octanol–water partition coefficient (Wildman–Crippen LogP) is 0.340. The number of rotatable bonds is 2. The highest BCUT2D eigenvalue weighted by Gasteiger charge is 2.12. The number of pyridine rings is 1. The molecular formula is C10H11N5O2. The second-order valence-corrected chi connectivity index (χ2v) is 3.40. The number of nitrogen functional groups attached to an aromatic ring is 1. The lowest BCUT2D eigenvalue weighted by molar-refractivity contribution is 0.0587. The second-order valence-electron chi connectivity index (χ2n) is 3.40. The van der Waals surface area contributed by atoms with Crippen molar-refractivity contribution < 1.29 is 9.53 Å². The summed E-state index contributed by atoms with van der Waals surface area (Å²) in [6.07, 6.45) is 3.01. The van der Waals surface area contributed by atoms with E-state index in [0.717, 1.165) is 5.56 Å². The fraction of sp³-hybridized carbons (Fsp3) is 0.200. The predicted molar refractivity (Wildman–Crippen MR) is 59.6 cm³/mol. The average Bonchev–Trinajstić information content (AvgIpc) is 2.81. The lowest BCUT2D eigenvalue weighted by Gasteiger charge is -2.02. The van der Waals surface area contributed by atoms with Crippen molar-refractivity contribution in [3.8, 4) is 5.82 Å². The molecule has 0 aromatic carbocycles. The smallest absolute Gasteiger partial charge is 0.377 e. The van der Waals surface area contributed by atoms with Crippen LogP contribution in [0.4, 0.5) is 5.69 Å². The van der Waals surface area contributed by atoms with E-state index in [9.17, 15) is 4.79 Å². The Balaban J connectivity index is 2.37. The SMILES string of the molecule is COC(=O)c1ncn(-c2cc(N)c(C)cn2)n1. The van der Waals surface area contributed by atoms with Crippen molar-refractivity contribution in [3.05, 3.63) is 30.0 Å². The molecule has 17 heavy (non-hydrogen) atoms. The summed E-state index contributed by atoms with van der Waals surface area (Å²) in [5, 5.41) is 3.93. The zero-order valence-corrected chi connectivity index (χ0v) is 9.41. The third-order valence-corrected chi connectivity index (χ3v) is 2.22. The summed E-state index contributed by atoms with van der Waals surface area (Å²) in [4.78, 5) is 19.1. The quantitative estimate of drug-likeness (QED) is 0.751. The Bertz CT molecular complexity index is 564. The molecule has 2 N–H and O–H groups in total. The fourth-order valence-electron chi connectivity index (χ4n) is 1.21. The highest BCUT2D eigenvalue weighted by molar-refractivity contribution is 5.84. The normalized spacial score (nSPS) is 10.2. The third kappa shape index (κ3) is 2.07. The van der Waals surface area contributed by atoms with E-state index in [-0.39, 0.29) is 5.82 Å². The van der Waals surface area contributed by atoms with Crippen molar-refractivity contribution in [1.82, 2.24) is 19.7 Å². The molecule has 0 spiro atoms. The van der Waals surface area contributed by atoms with Crippen molar-refractivity contribution >= 4 is 11.7 Å². The molecule has 0 saturated carbocycles. The molecule has 0 aliphatic carbocycles. The van der Waals surface area contributed by atoms with Gasteiger partial charge in [0.1, 0.15) is 6.33 Å². The van der Waals surface area contributed by atoms with Crippen LogP contribution >= 0.6 is 0 Å². The number of esters is 1. The van der Waals surface area contributed by atoms with Gasteiger partial charge < -0.3 is 10.5 Å². The van der Waals surface area contributed by atoms with Gasteiger partial charge in [0.05, 0.1) is 7.11 Å². The number of aryl methyl sites for hydroxylation is 1. The maximum Gasteiger partial charge on any atom is 0.377 e. The van der Waals surface area contributed by atoms with Gasteiger partial charge in [-0.1, -0.05) is 0 Å². The molecule has 2 aromatic rings. The van der Waals surface area contributed by atoms with E-state index >= 15 is 0 Å². The first kappa shape index (κ1) is 11.1. The van der Waals surface area contributed by atoms with Crippen LogP contribution in [0.1, 0.15) is 16.2 Å². The Kier molecular flexibility index (Phi) is 2.73. The topological polar surface area (TPSA) is 95.9 Å². The van der Waals surface area contributed by atoms with E-state index < -0.39 is 5.97 Å². The van der Waals surface area contributed by atoms with E-state index in [1.54, 1.807) is 12.3 Å². The van der Waals surface area contributed by atoms with Crippen LogP contribution in [-0.4, -0.2) is 32.8 Å². The van der Waals surface area contributed by atoms with Crippen LogP contribution < -0.4 is 5.73 Å². The Hall–Kier alpha value is -2.44. The fourth-order valence-corrected chi connectivity index (χ4v) is 1.21. The van der Waals surface area contributed by atoms with Gasteiger partial charge in [0.15, 0.2) is 5.82 Å². The van der Waals surface area contributed by atoms with Gasteiger partial charge in [0.2, 0.25) is 0 Å². The lowest BCUT2D eigenvalue weighted by Crippen LogP contribution is -2.06. The third-order valence-electron chi connectivity index (χ3n) is 2.22. The maximum absolute atomic E-state index is 11.2. The summed E-state index contributed by atoms with van der Waals surface area (Å²) >= 11 is 0. The van der Waals surface area contributed by atoms with Crippen LogP contribution in [0.15, 0.2) is 18.6 Å². The van der Waals surface area contributed by atoms with E-state index in [1.807, 2.05) is 6.92 Å². The zero-order chi connectivity index (χ0) is 12.4. The van der Waals surface area contributed by atoms with Crippen LogP contribution in [-0.2, 0) is 4.74 Å². The van der Waals surface area contributed by atoms with Gasteiger partial charge in [0, 0.05) is 18.0 Å². The van der Waals surface area contributed by atoms with E-state index in [1.165, 1.54) is 18.1 Å². The van der Waals surface area contributed by atoms with Crippen molar-refractivity contribution in [2.75, 3.05) is 12.8 Å². The molecule has 7 heteroatoms. The monoisotopic (exact) mass is 233 g/mol. The van der Waals surface area contributed by atoms with Crippen LogP contribution in [0, 0.1) is 6.92 Å². The molecule has 0 amide bonds. The first-order valence-corrected chi connectivity index (χ1v) is 4.84. The number of ether oxygens (including phenoxy) is 1.